The quantitative estimate of drug-likeness (QED) is 0.0418. The number of hydrogen-bond acceptors (Lipinski definition) is 20. The summed E-state index contributed by atoms with van der Waals surface area (Å²) in [7, 11) is 0. The highest BCUT2D eigenvalue weighted by Crippen LogP contribution is 2.16. The second-order valence-electron chi connectivity index (χ2n) is 21.6. The number of nitrogens with zero attached hydrogens (tertiary/aromatic N) is 4. The number of carbonyl (C=O) groups excluding carboxylic acids is 4. The van der Waals surface area contributed by atoms with Gasteiger partial charge < -0.3 is 57.5 Å². The summed E-state index contributed by atoms with van der Waals surface area (Å²) in [6, 6.07) is 0. The molecule has 0 heterocycles. The Labute approximate surface area is 597 Å². The van der Waals surface area contributed by atoms with Gasteiger partial charge in [-0.15, -0.1) is 6.58 Å². The molecule has 0 aliphatic rings. The van der Waals surface area contributed by atoms with Crippen molar-refractivity contribution in [3.8, 4) is 0 Å². The van der Waals surface area contributed by atoms with Crippen LogP contribution in [0.5, 0.6) is 0 Å². The molecule has 0 rings (SSSR count). The largest absolute Gasteiger partial charge is 0.379 e. The van der Waals surface area contributed by atoms with Crippen LogP contribution in [0.4, 0.5) is 0 Å². The van der Waals surface area contributed by atoms with Crippen molar-refractivity contribution >= 4 is 118 Å². The maximum absolute atomic E-state index is 13.3. The Balaban J connectivity index is 4.21. The van der Waals surface area contributed by atoms with Gasteiger partial charge in [-0.05, 0) is 124 Å². The Morgan fingerprint density at radius 1 is 0.304 bits per heavy atom. The lowest BCUT2D eigenvalue weighted by Crippen LogP contribution is -2.35. The van der Waals surface area contributed by atoms with Crippen molar-refractivity contribution in [2.45, 2.75) is 144 Å². The van der Waals surface area contributed by atoms with Gasteiger partial charge in [-0.25, -0.2) is 0 Å². The van der Waals surface area contributed by atoms with Crippen LogP contribution in [0.25, 0.3) is 0 Å². The zero-order valence-corrected chi connectivity index (χ0v) is 64.8. The van der Waals surface area contributed by atoms with Crippen molar-refractivity contribution in [1.29, 1.82) is 0 Å². The smallest absolute Gasteiger partial charge is 0.223 e. The Morgan fingerprint density at radius 2 is 0.576 bits per heavy atom. The number of amides is 4. The minimum atomic E-state index is 0.162. The molecule has 0 aliphatic carbocycles. The lowest BCUT2D eigenvalue weighted by molar-refractivity contribution is -0.132. The summed E-state index contributed by atoms with van der Waals surface area (Å²) in [5, 5.41) is 0. The summed E-state index contributed by atoms with van der Waals surface area (Å²) >= 11 is 15.0. The fourth-order valence-electron chi connectivity index (χ4n) is 8.63. The molecular formula is C68H132N4O12S8. The Morgan fingerprint density at radius 3 is 0.924 bits per heavy atom. The van der Waals surface area contributed by atoms with Crippen LogP contribution in [-0.4, -0.2) is 293 Å². The van der Waals surface area contributed by atoms with Crippen molar-refractivity contribution in [2.75, 3.05) is 250 Å². The fraction of sp³-hybridized carbons (Fsp3) is 0.912. The summed E-state index contributed by atoms with van der Waals surface area (Å²) in [4.78, 5) is 60.1. The van der Waals surface area contributed by atoms with Crippen LogP contribution in [0.3, 0.4) is 0 Å². The highest BCUT2D eigenvalue weighted by molar-refractivity contribution is 8.00. The average molecular weight is 1460 g/mol. The minimum absolute atomic E-state index is 0.162. The van der Waals surface area contributed by atoms with E-state index in [1.807, 2.05) is 105 Å². The number of hydrogen-bond donors (Lipinski definition) is 0. The molecule has 16 nitrogen and oxygen atoms in total. The van der Waals surface area contributed by atoms with E-state index >= 15 is 0 Å². The van der Waals surface area contributed by atoms with E-state index < -0.39 is 0 Å². The molecule has 4 amide bonds. The fourth-order valence-corrected chi connectivity index (χ4v) is 15.5. The summed E-state index contributed by atoms with van der Waals surface area (Å²) in [5.74, 6) is 16.4. The second kappa shape index (κ2) is 76.8. The second-order valence-corrected chi connectivity index (χ2v) is 31.4. The van der Waals surface area contributed by atoms with Crippen molar-refractivity contribution in [2.24, 2.45) is 0 Å². The molecule has 0 saturated carbocycles. The average Bonchev–Trinajstić information content (AvgIpc) is 3.74. The Hall–Kier alpha value is 0.1000. The van der Waals surface area contributed by atoms with Gasteiger partial charge in [0.1, 0.15) is 0 Å². The molecule has 544 valence electrons. The van der Waals surface area contributed by atoms with Gasteiger partial charge in [-0.2, -0.15) is 94.1 Å². The Bertz CT molecular complexity index is 1640. The SMILES string of the molecule is [2H]CCCCSCCCCSCCC(=O)N(CCCC)CCCSCCOCCOCCSCCC(=O)N(CCCSCCOCCOCCSCCC(=O)N(CCCSCCCCSCCC(=O)N(CC=C)CCCC)CCOCCOCC)CCOCCOCC. The third-order valence-corrected chi connectivity index (χ3v) is 22.3. The highest BCUT2D eigenvalue weighted by atomic mass is 32.2. The van der Waals surface area contributed by atoms with Crippen LogP contribution in [0.15, 0.2) is 12.7 Å². The van der Waals surface area contributed by atoms with Crippen molar-refractivity contribution in [1.82, 2.24) is 19.6 Å². The Kier molecular flexibility index (Phi) is 75.3. The molecule has 0 saturated heterocycles. The molecule has 0 aromatic rings. The van der Waals surface area contributed by atoms with Gasteiger partial charge in [0, 0.05) is 139 Å². The van der Waals surface area contributed by atoms with Gasteiger partial charge in [0.2, 0.25) is 23.6 Å². The van der Waals surface area contributed by atoms with E-state index in [2.05, 4.69) is 25.3 Å². The predicted octanol–water partition coefficient (Wildman–Crippen LogP) is 13.2. The molecule has 0 aromatic heterocycles. The number of ether oxygens (including phenoxy) is 8. The standard InChI is InChI=1S/C68H132N4O12S8/c1-7-13-28-69(27-10-4)65(73)23-57-87-53-19-17-51-86-54-21-31-71(33-35-79-39-37-77-11-5)67(75)25-59-91-63-47-84-44-42-82-46-62-90-56-22-32-72(34-36-80-40-38-78-12-6)68(76)26-60-92-64-48-83-43-41-81-45-61-89-55-20-30-70(29-14-8-2)66(74)24-58-88-52-18-16-50-85-49-15-9-3/h10H,4,7-9,11-64H2,1-3,5-6H3/i3D. The van der Waals surface area contributed by atoms with E-state index in [1.54, 1.807) is 23.5 Å². The first kappa shape index (κ1) is 90.1. The minimum Gasteiger partial charge on any atom is -0.379 e. The maximum Gasteiger partial charge on any atom is 0.223 e. The summed E-state index contributed by atoms with van der Waals surface area (Å²) < 4.78 is 52.9. The number of unbranched alkanes of at least 4 members (excludes halogenated alkanes) is 5. The van der Waals surface area contributed by atoms with E-state index in [1.165, 1.54) is 24.3 Å². The van der Waals surface area contributed by atoms with Gasteiger partial charge in [0.25, 0.3) is 0 Å². The van der Waals surface area contributed by atoms with E-state index in [4.69, 9.17) is 39.3 Å². The molecular weight excluding hydrogens is 1320 g/mol. The first-order valence-corrected chi connectivity index (χ1v) is 44.3. The lowest BCUT2D eigenvalue weighted by atomic mass is 10.2. The molecule has 0 bridgehead atoms. The first-order chi connectivity index (χ1) is 45.8. The lowest BCUT2D eigenvalue weighted by Gasteiger charge is -2.23. The summed E-state index contributed by atoms with van der Waals surface area (Å²) in [5.41, 5.74) is 0. The van der Waals surface area contributed by atoms with Crippen LogP contribution < -0.4 is 0 Å². The van der Waals surface area contributed by atoms with E-state index in [-0.39, 0.29) is 17.7 Å². The van der Waals surface area contributed by atoms with Crippen LogP contribution in [0.2, 0.25) is 0 Å². The van der Waals surface area contributed by atoms with Crippen molar-refractivity contribution < 1.29 is 58.4 Å². The molecule has 24 heteroatoms. The molecule has 0 spiro atoms. The first-order valence-electron chi connectivity index (χ1n) is 35.7. The molecule has 0 aromatic carbocycles. The van der Waals surface area contributed by atoms with Crippen LogP contribution in [0, 0.1) is 0 Å². The number of rotatable bonds is 77. The van der Waals surface area contributed by atoms with Crippen molar-refractivity contribution in [3.05, 3.63) is 12.7 Å². The molecule has 0 aliphatic heterocycles. The molecule has 0 radical (unpaired) electrons. The highest BCUT2D eigenvalue weighted by Gasteiger charge is 2.17. The monoisotopic (exact) mass is 1450 g/mol. The van der Waals surface area contributed by atoms with Gasteiger partial charge >= 0.3 is 0 Å². The van der Waals surface area contributed by atoms with Crippen molar-refractivity contribution in [3.63, 3.8) is 0 Å². The number of thioether (sulfide) groups is 8. The van der Waals surface area contributed by atoms with Gasteiger partial charge in [0.15, 0.2) is 0 Å². The van der Waals surface area contributed by atoms with E-state index in [0.29, 0.717) is 170 Å². The molecule has 0 N–H and O–H groups in total. The zero-order chi connectivity index (χ0) is 67.7. The molecule has 0 unspecified atom stereocenters. The molecule has 0 atom stereocenters. The van der Waals surface area contributed by atoms with Crippen LogP contribution in [-0.2, 0) is 57.1 Å². The summed E-state index contributed by atoms with van der Waals surface area (Å²) in [6.45, 7) is 27.7. The van der Waals surface area contributed by atoms with Gasteiger partial charge in [-0.1, -0.05) is 46.1 Å². The predicted molar refractivity (Wildman–Crippen MR) is 409 cm³/mol. The van der Waals surface area contributed by atoms with Gasteiger partial charge in [-0.3, -0.25) is 19.2 Å². The zero-order valence-electron chi connectivity index (χ0n) is 59.3. The third kappa shape index (κ3) is 64.8. The number of carbonyl (C=O) groups is 4. The maximum atomic E-state index is 13.3. The molecule has 92 heavy (non-hydrogen) atoms. The van der Waals surface area contributed by atoms with Crippen LogP contribution in [0.1, 0.15) is 145 Å². The van der Waals surface area contributed by atoms with Gasteiger partial charge in [0.05, 0.1) is 92.5 Å². The molecule has 0 fully saturated rings. The van der Waals surface area contributed by atoms with E-state index in [9.17, 15) is 19.2 Å². The third-order valence-electron chi connectivity index (χ3n) is 13.9. The normalized spacial score (nSPS) is 11.6. The van der Waals surface area contributed by atoms with Crippen LogP contribution >= 0.6 is 94.1 Å². The summed E-state index contributed by atoms with van der Waals surface area (Å²) in [6.07, 6.45) is 18.2. The van der Waals surface area contributed by atoms with E-state index in [0.717, 1.165) is 177 Å². The topological polar surface area (TPSA) is 155 Å².